The third-order valence-electron chi connectivity index (χ3n) is 4.34. The molecule has 0 spiro atoms. The Morgan fingerprint density at radius 2 is 2.12 bits per heavy atom. The van der Waals surface area contributed by atoms with E-state index in [0.29, 0.717) is 37.2 Å². The van der Waals surface area contributed by atoms with Crippen LogP contribution in [0.4, 0.5) is 4.79 Å². The predicted octanol–water partition coefficient (Wildman–Crippen LogP) is 2.55. The number of piperidine rings is 1. The summed E-state index contributed by atoms with van der Waals surface area (Å²) in [5.41, 5.74) is 6.90. The molecular formula is C18H27ClN4O3. The first-order valence-electron chi connectivity index (χ1n) is 8.80. The van der Waals surface area contributed by atoms with E-state index >= 15 is 0 Å². The molecule has 0 radical (unpaired) electrons. The summed E-state index contributed by atoms with van der Waals surface area (Å²) in [5, 5.41) is 3.86. The molecule has 1 unspecified atom stereocenters. The summed E-state index contributed by atoms with van der Waals surface area (Å²) in [7, 11) is 1.62. The molecule has 0 aliphatic carbocycles. The van der Waals surface area contributed by atoms with Gasteiger partial charge in [0.15, 0.2) is 5.96 Å². The summed E-state index contributed by atoms with van der Waals surface area (Å²) in [6.07, 6.45) is 1.09. The molecule has 1 heterocycles. The number of rotatable bonds is 6. The molecule has 1 saturated heterocycles. The van der Waals surface area contributed by atoms with Crippen LogP contribution in [0.3, 0.4) is 0 Å². The lowest BCUT2D eigenvalue weighted by Crippen LogP contribution is -2.48. The van der Waals surface area contributed by atoms with Crippen molar-refractivity contribution in [3.8, 4) is 0 Å². The number of nitrogens with zero attached hydrogens (tertiary/aromatic N) is 2. The lowest BCUT2D eigenvalue weighted by atomic mass is 10.1. The van der Waals surface area contributed by atoms with Gasteiger partial charge in [0.25, 0.3) is 0 Å². The van der Waals surface area contributed by atoms with Gasteiger partial charge in [0.1, 0.15) is 6.10 Å². The van der Waals surface area contributed by atoms with E-state index in [9.17, 15) is 4.79 Å². The maximum Gasteiger partial charge on any atom is 0.409 e. The largest absolute Gasteiger partial charge is 0.450 e. The Bertz CT molecular complexity index is 618. The standard InChI is InChI=1S/C18H27ClN4O3/c1-3-26-18(24)23-10-8-13(9-11-23)22-17(20)21-12-16(25-2)14-6-4-5-7-15(14)19/h4-7,13,16H,3,8-12H2,1-2H3,(H3,20,21,22). The molecule has 1 aliphatic rings. The molecule has 2 rings (SSSR count). The maximum atomic E-state index is 11.7. The average Bonchev–Trinajstić information content (AvgIpc) is 2.64. The van der Waals surface area contributed by atoms with Crippen LogP contribution in [0.5, 0.6) is 0 Å². The van der Waals surface area contributed by atoms with Crippen LogP contribution < -0.4 is 11.1 Å². The number of amides is 1. The molecule has 8 heteroatoms. The van der Waals surface area contributed by atoms with Crippen molar-refractivity contribution in [2.45, 2.75) is 31.9 Å². The number of methoxy groups -OCH3 is 1. The first kappa shape index (κ1) is 20.3. The van der Waals surface area contributed by atoms with Crippen molar-refractivity contribution < 1.29 is 14.3 Å². The Kier molecular flexibility index (Phi) is 8.00. The summed E-state index contributed by atoms with van der Waals surface area (Å²) in [4.78, 5) is 17.8. The van der Waals surface area contributed by atoms with Crippen molar-refractivity contribution in [3.63, 3.8) is 0 Å². The highest BCUT2D eigenvalue weighted by Gasteiger charge is 2.23. The number of hydrogen-bond donors (Lipinski definition) is 2. The summed E-state index contributed by atoms with van der Waals surface area (Å²) < 4.78 is 10.5. The van der Waals surface area contributed by atoms with E-state index in [0.717, 1.165) is 18.4 Å². The maximum absolute atomic E-state index is 11.7. The number of nitrogens with two attached hydrogens (primary N) is 1. The Morgan fingerprint density at radius 3 is 2.73 bits per heavy atom. The van der Waals surface area contributed by atoms with Crippen molar-refractivity contribution >= 4 is 23.7 Å². The number of nitrogens with one attached hydrogen (secondary N) is 1. The number of benzene rings is 1. The van der Waals surface area contributed by atoms with Gasteiger partial charge in [-0.05, 0) is 25.8 Å². The van der Waals surface area contributed by atoms with Gasteiger partial charge in [0.05, 0.1) is 13.2 Å². The number of ether oxygens (including phenoxy) is 2. The van der Waals surface area contributed by atoms with Crippen molar-refractivity contribution in [1.82, 2.24) is 10.2 Å². The first-order valence-corrected chi connectivity index (χ1v) is 9.18. The van der Waals surface area contributed by atoms with Gasteiger partial charge in [-0.1, -0.05) is 29.8 Å². The molecular weight excluding hydrogens is 356 g/mol. The van der Waals surface area contributed by atoms with E-state index in [1.807, 2.05) is 24.3 Å². The Labute approximate surface area is 159 Å². The number of carbonyl (C=O) groups is 1. The number of likely N-dealkylation sites (tertiary alicyclic amines) is 1. The van der Waals surface area contributed by atoms with E-state index in [2.05, 4.69) is 10.3 Å². The monoisotopic (exact) mass is 382 g/mol. The summed E-state index contributed by atoms with van der Waals surface area (Å²) in [6, 6.07) is 7.72. The van der Waals surface area contributed by atoms with E-state index in [1.54, 1.807) is 18.9 Å². The molecule has 144 valence electrons. The van der Waals surface area contributed by atoms with Crippen LogP contribution in [0.15, 0.2) is 29.3 Å². The van der Waals surface area contributed by atoms with E-state index in [4.69, 9.17) is 26.8 Å². The zero-order valence-electron chi connectivity index (χ0n) is 15.3. The van der Waals surface area contributed by atoms with Crippen LogP contribution in [0.1, 0.15) is 31.4 Å². The second kappa shape index (κ2) is 10.2. The van der Waals surface area contributed by atoms with Crippen LogP contribution >= 0.6 is 11.6 Å². The second-order valence-corrected chi connectivity index (χ2v) is 6.48. The van der Waals surface area contributed by atoms with E-state index in [-0.39, 0.29) is 18.2 Å². The Morgan fingerprint density at radius 1 is 1.42 bits per heavy atom. The lowest BCUT2D eigenvalue weighted by Gasteiger charge is -2.31. The minimum absolute atomic E-state index is 0.186. The van der Waals surface area contributed by atoms with Crippen LogP contribution in [0, 0.1) is 0 Å². The third-order valence-corrected chi connectivity index (χ3v) is 4.68. The summed E-state index contributed by atoms with van der Waals surface area (Å²) in [5.74, 6) is 0.369. The number of halogens is 1. The van der Waals surface area contributed by atoms with Gasteiger partial charge in [-0.15, -0.1) is 0 Å². The zero-order valence-corrected chi connectivity index (χ0v) is 16.0. The fourth-order valence-electron chi connectivity index (χ4n) is 2.89. The van der Waals surface area contributed by atoms with Crippen molar-refractivity contribution in [3.05, 3.63) is 34.9 Å². The highest BCUT2D eigenvalue weighted by molar-refractivity contribution is 6.31. The van der Waals surface area contributed by atoms with Crippen molar-refractivity contribution in [2.24, 2.45) is 10.7 Å². The first-order chi connectivity index (χ1) is 12.5. The molecule has 1 atom stereocenters. The molecule has 1 fully saturated rings. The average molecular weight is 383 g/mol. The minimum atomic E-state index is -0.255. The molecule has 0 aromatic heterocycles. The van der Waals surface area contributed by atoms with Crippen LogP contribution in [-0.4, -0.2) is 56.3 Å². The molecule has 1 amide bonds. The van der Waals surface area contributed by atoms with Gasteiger partial charge in [-0.3, -0.25) is 4.99 Å². The van der Waals surface area contributed by atoms with Gasteiger partial charge in [0, 0.05) is 36.8 Å². The molecule has 3 N–H and O–H groups in total. The molecule has 1 aliphatic heterocycles. The molecule has 1 aromatic carbocycles. The van der Waals surface area contributed by atoms with E-state index in [1.165, 1.54) is 0 Å². The van der Waals surface area contributed by atoms with Crippen LogP contribution in [0.2, 0.25) is 5.02 Å². The predicted molar refractivity (Wildman–Crippen MR) is 102 cm³/mol. The van der Waals surface area contributed by atoms with Gasteiger partial charge < -0.3 is 25.4 Å². The normalized spacial score (nSPS) is 17.0. The van der Waals surface area contributed by atoms with Crippen molar-refractivity contribution in [1.29, 1.82) is 0 Å². The van der Waals surface area contributed by atoms with Gasteiger partial charge in [-0.2, -0.15) is 0 Å². The zero-order chi connectivity index (χ0) is 18.9. The number of aliphatic imine (C=N–C) groups is 1. The van der Waals surface area contributed by atoms with Crippen LogP contribution in [0.25, 0.3) is 0 Å². The minimum Gasteiger partial charge on any atom is -0.450 e. The van der Waals surface area contributed by atoms with Gasteiger partial charge in [-0.25, -0.2) is 4.79 Å². The summed E-state index contributed by atoms with van der Waals surface area (Å²) >= 11 is 6.21. The Balaban J connectivity index is 1.83. The fourth-order valence-corrected chi connectivity index (χ4v) is 3.15. The smallest absolute Gasteiger partial charge is 0.409 e. The van der Waals surface area contributed by atoms with Crippen LogP contribution in [-0.2, 0) is 9.47 Å². The molecule has 1 aromatic rings. The number of carbonyl (C=O) groups excluding carboxylic acids is 1. The molecule has 0 bridgehead atoms. The molecule has 26 heavy (non-hydrogen) atoms. The van der Waals surface area contributed by atoms with Gasteiger partial charge in [0.2, 0.25) is 0 Å². The number of hydrogen-bond acceptors (Lipinski definition) is 4. The van der Waals surface area contributed by atoms with Gasteiger partial charge >= 0.3 is 6.09 Å². The fraction of sp³-hybridized carbons (Fsp3) is 0.556. The molecule has 7 nitrogen and oxygen atoms in total. The number of guanidine groups is 1. The highest BCUT2D eigenvalue weighted by atomic mass is 35.5. The Hall–Kier alpha value is -1.99. The lowest BCUT2D eigenvalue weighted by molar-refractivity contribution is 0.0962. The van der Waals surface area contributed by atoms with Crippen molar-refractivity contribution in [2.75, 3.05) is 33.4 Å². The second-order valence-electron chi connectivity index (χ2n) is 6.08. The third kappa shape index (κ3) is 5.78. The highest BCUT2D eigenvalue weighted by Crippen LogP contribution is 2.25. The van der Waals surface area contributed by atoms with E-state index < -0.39 is 0 Å². The molecule has 0 saturated carbocycles. The topological polar surface area (TPSA) is 89.2 Å². The summed E-state index contributed by atoms with van der Waals surface area (Å²) in [6.45, 7) is 3.86. The SMILES string of the molecule is CCOC(=O)N1CCC(NC(N)=NCC(OC)c2ccccc2Cl)CC1. The quantitative estimate of drug-likeness (QED) is 0.583.